The van der Waals surface area contributed by atoms with Gasteiger partial charge in [0.25, 0.3) is 5.91 Å². The largest absolute Gasteiger partial charge is 0.338 e. The van der Waals surface area contributed by atoms with Gasteiger partial charge in [-0.3, -0.25) is 9.69 Å². The van der Waals surface area contributed by atoms with Crippen molar-refractivity contribution in [3.63, 3.8) is 0 Å². The first-order valence-electron chi connectivity index (χ1n) is 8.73. The monoisotopic (exact) mass is 350 g/mol. The Morgan fingerprint density at radius 2 is 1.83 bits per heavy atom. The molecule has 2 heterocycles. The summed E-state index contributed by atoms with van der Waals surface area (Å²) in [4.78, 5) is 16.6. The van der Waals surface area contributed by atoms with E-state index in [-0.39, 0.29) is 23.5 Å². The molecule has 1 atom stereocenters. The van der Waals surface area contributed by atoms with E-state index < -0.39 is 9.84 Å². The third-order valence-electron chi connectivity index (χ3n) is 5.13. The molecule has 2 fully saturated rings. The second kappa shape index (κ2) is 7.23. The highest BCUT2D eigenvalue weighted by atomic mass is 32.2. The maximum absolute atomic E-state index is 12.6. The maximum atomic E-state index is 12.6. The third kappa shape index (κ3) is 4.16. The molecular formula is C18H26N2O3S. The summed E-state index contributed by atoms with van der Waals surface area (Å²) in [5.74, 6) is 0.174. The predicted molar refractivity (Wildman–Crippen MR) is 94.7 cm³/mol. The van der Waals surface area contributed by atoms with Crippen LogP contribution in [0.2, 0.25) is 0 Å². The van der Waals surface area contributed by atoms with Gasteiger partial charge in [0.2, 0.25) is 0 Å². The van der Waals surface area contributed by atoms with Gasteiger partial charge in [-0.15, -0.1) is 0 Å². The van der Waals surface area contributed by atoms with Gasteiger partial charge in [-0.2, -0.15) is 0 Å². The molecule has 1 aromatic carbocycles. The topological polar surface area (TPSA) is 57.7 Å². The molecule has 6 heteroatoms. The molecule has 24 heavy (non-hydrogen) atoms. The minimum Gasteiger partial charge on any atom is -0.338 e. The summed E-state index contributed by atoms with van der Waals surface area (Å²) in [7, 11) is -1.27. The number of carbonyl (C=O) groups is 1. The number of rotatable bonds is 4. The first kappa shape index (κ1) is 17.4. The lowest BCUT2D eigenvalue weighted by Crippen LogP contribution is -2.37. The molecule has 0 bridgehead atoms. The molecule has 2 aliphatic heterocycles. The zero-order chi connectivity index (χ0) is 17.2. The molecule has 0 aromatic heterocycles. The number of carbonyl (C=O) groups excluding carboxylic acids is 1. The van der Waals surface area contributed by atoms with Crippen LogP contribution >= 0.6 is 0 Å². The second-order valence-corrected chi connectivity index (χ2v) is 9.24. The summed E-state index contributed by atoms with van der Waals surface area (Å²) >= 11 is 0. The van der Waals surface area contributed by atoms with E-state index in [0.717, 1.165) is 19.6 Å². The minimum absolute atomic E-state index is 0.0856. The molecular weight excluding hydrogens is 324 g/mol. The van der Waals surface area contributed by atoms with Crippen molar-refractivity contribution in [3.8, 4) is 0 Å². The molecule has 3 rings (SSSR count). The number of benzene rings is 1. The van der Waals surface area contributed by atoms with Crippen LogP contribution in [0.5, 0.6) is 0 Å². The Morgan fingerprint density at radius 3 is 2.42 bits per heavy atom. The minimum atomic E-state index is -2.98. The number of amides is 1. The summed E-state index contributed by atoms with van der Waals surface area (Å²) < 4.78 is 23.2. The Balaban J connectivity index is 1.61. The number of piperidine rings is 1. The molecule has 1 amide bonds. The van der Waals surface area contributed by atoms with E-state index in [1.54, 1.807) is 11.9 Å². The maximum Gasteiger partial charge on any atom is 0.253 e. The van der Waals surface area contributed by atoms with Gasteiger partial charge >= 0.3 is 0 Å². The van der Waals surface area contributed by atoms with E-state index in [4.69, 9.17) is 0 Å². The highest BCUT2D eigenvalue weighted by Crippen LogP contribution is 2.19. The van der Waals surface area contributed by atoms with Crippen LogP contribution in [0.4, 0.5) is 0 Å². The SMILES string of the molecule is CN(C(=O)c1ccc(CN2CCCCC2)cc1)[C@H]1CCS(=O)(=O)C1. The van der Waals surface area contributed by atoms with Crippen molar-refractivity contribution in [3.05, 3.63) is 35.4 Å². The van der Waals surface area contributed by atoms with Crippen molar-refractivity contribution in [1.82, 2.24) is 9.80 Å². The molecule has 1 aromatic rings. The van der Waals surface area contributed by atoms with Gasteiger partial charge in [-0.1, -0.05) is 18.6 Å². The highest BCUT2D eigenvalue weighted by Gasteiger charge is 2.33. The third-order valence-corrected chi connectivity index (χ3v) is 6.88. The number of sulfone groups is 1. The predicted octanol–water partition coefficient (Wildman–Crippen LogP) is 1.93. The van der Waals surface area contributed by atoms with Gasteiger partial charge in [-0.05, 0) is 50.0 Å². The normalized spacial score (nSPS) is 24.0. The molecule has 0 radical (unpaired) electrons. The smallest absolute Gasteiger partial charge is 0.253 e. The van der Waals surface area contributed by atoms with Crippen molar-refractivity contribution in [1.29, 1.82) is 0 Å². The number of nitrogens with zero attached hydrogens (tertiary/aromatic N) is 2. The number of hydrogen-bond donors (Lipinski definition) is 0. The van der Waals surface area contributed by atoms with Gasteiger partial charge < -0.3 is 4.90 Å². The van der Waals surface area contributed by atoms with E-state index in [2.05, 4.69) is 4.90 Å². The van der Waals surface area contributed by atoms with Crippen LogP contribution in [0.1, 0.15) is 41.6 Å². The standard InChI is InChI=1S/C18H26N2O3S/c1-19(17-9-12-24(22,23)14-17)18(21)16-7-5-15(6-8-16)13-20-10-3-2-4-11-20/h5-8,17H,2-4,9-14H2,1H3/t17-/m0/s1. The van der Waals surface area contributed by atoms with Crippen molar-refractivity contribution >= 4 is 15.7 Å². The van der Waals surface area contributed by atoms with Crippen LogP contribution in [0.25, 0.3) is 0 Å². The van der Waals surface area contributed by atoms with Crippen LogP contribution < -0.4 is 0 Å². The highest BCUT2D eigenvalue weighted by molar-refractivity contribution is 7.91. The van der Waals surface area contributed by atoms with Gasteiger partial charge in [0.15, 0.2) is 9.84 Å². The lowest BCUT2D eigenvalue weighted by Gasteiger charge is -2.26. The molecule has 2 saturated heterocycles. The van der Waals surface area contributed by atoms with Gasteiger partial charge in [-0.25, -0.2) is 8.42 Å². The Bertz CT molecular complexity index is 679. The molecule has 0 N–H and O–H groups in total. The van der Waals surface area contributed by atoms with Gasteiger partial charge in [0, 0.05) is 25.2 Å². The number of likely N-dealkylation sites (tertiary alicyclic amines) is 1. The number of hydrogen-bond acceptors (Lipinski definition) is 4. The Morgan fingerprint density at radius 1 is 1.17 bits per heavy atom. The van der Waals surface area contributed by atoms with Gasteiger partial charge in [0.05, 0.1) is 11.5 Å². The average Bonchev–Trinajstić information content (AvgIpc) is 2.95. The van der Waals surface area contributed by atoms with Crippen LogP contribution in [-0.2, 0) is 16.4 Å². The summed E-state index contributed by atoms with van der Waals surface area (Å²) in [5, 5.41) is 0. The van der Waals surface area contributed by atoms with E-state index in [1.165, 1.54) is 24.8 Å². The summed E-state index contributed by atoms with van der Waals surface area (Å²) in [5.41, 5.74) is 1.85. The Labute approximate surface area is 144 Å². The van der Waals surface area contributed by atoms with E-state index >= 15 is 0 Å². The summed E-state index contributed by atoms with van der Waals surface area (Å²) in [6, 6.07) is 7.56. The molecule has 0 aliphatic carbocycles. The fourth-order valence-corrected chi connectivity index (χ4v) is 5.35. The first-order valence-corrected chi connectivity index (χ1v) is 10.6. The molecule has 0 unspecified atom stereocenters. The fourth-order valence-electron chi connectivity index (χ4n) is 3.58. The quantitative estimate of drug-likeness (QED) is 0.833. The van der Waals surface area contributed by atoms with E-state index in [0.29, 0.717) is 12.0 Å². The Kier molecular flexibility index (Phi) is 5.25. The molecule has 0 saturated carbocycles. The zero-order valence-corrected chi connectivity index (χ0v) is 15.1. The van der Waals surface area contributed by atoms with Gasteiger partial charge in [0.1, 0.15) is 0 Å². The van der Waals surface area contributed by atoms with Crippen LogP contribution in [0, 0.1) is 0 Å². The average molecular weight is 350 g/mol. The summed E-state index contributed by atoms with van der Waals surface area (Å²) in [6.45, 7) is 3.24. The van der Waals surface area contributed by atoms with E-state index in [9.17, 15) is 13.2 Å². The van der Waals surface area contributed by atoms with Crippen molar-refractivity contribution in [2.75, 3.05) is 31.6 Å². The lowest BCUT2D eigenvalue weighted by molar-refractivity contribution is 0.0747. The lowest BCUT2D eigenvalue weighted by atomic mass is 10.1. The molecule has 5 nitrogen and oxygen atoms in total. The zero-order valence-electron chi connectivity index (χ0n) is 14.3. The van der Waals surface area contributed by atoms with Crippen LogP contribution in [0.15, 0.2) is 24.3 Å². The van der Waals surface area contributed by atoms with Crippen LogP contribution in [0.3, 0.4) is 0 Å². The van der Waals surface area contributed by atoms with Crippen molar-refractivity contribution < 1.29 is 13.2 Å². The second-order valence-electron chi connectivity index (χ2n) is 7.01. The van der Waals surface area contributed by atoms with Crippen molar-refractivity contribution in [2.45, 2.75) is 38.3 Å². The fraction of sp³-hybridized carbons (Fsp3) is 0.611. The molecule has 2 aliphatic rings. The molecule has 132 valence electrons. The van der Waals surface area contributed by atoms with Crippen LogP contribution in [-0.4, -0.2) is 61.8 Å². The summed E-state index contributed by atoms with van der Waals surface area (Å²) in [6.07, 6.45) is 4.40. The van der Waals surface area contributed by atoms with Crippen molar-refractivity contribution in [2.24, 2.45) is 0 Å². The Hall–Kier alpha value is -1.40. The molecule has 0 spiro atoms. The van der Waals surface area contributed by atoms with E-state index in [1.807, 2.05) is 24.3 Å². The first-order chi connectivity index (χ1) is 11.4.